The summed E-state index contributed by atoms with van der Waals surface area (Å²) in [4.78, 5) is 2.69. The number of hydrogen-bond acceptors (Lipinski definition) is 2. The van der Waals surface area contributed by atoms with Crippen LogP contribution in [0.2, 0.25) is 0 Å². The molecular weight excluding hydrogens is 172 g/mol. The van der Waals surface area contributed by atoms with Crippen LogP contribution >= 0.6 is 0 Å². The van der Waals surface area contributed by atoms with Gasteiger partial charge in [0.1, 0.15) is 0 Å². The van der Waals surface area contributed by atoms with Crippen molar-refractivity contribution in [2.75, 3.05) is 19.6 Å². The van der Waals surface area contributed by atoms with Gasteiger partial charge in [-0.25, -0.2) is 0 Å². The van der Waals surface area contributed by atoms with E-state index >= 15 is 0 Å². The molecule has 14 heavy (non-hydrogen) atoms. The maximum Gasteiger partial charge on any atom is 0.0110 e. The average Bonchev–Trinajstić information content (AvgIpc) is 2.41. The van der Waals surface area contributed by atoms with Crippen molar-refractivity contribution >= 4 is 0 Å². The molecule has 1 N–H and O–H groups in total. The standard InChI is InChI=1S/C12H26N2/c1-4-10-14(11(2)3)12-6-5-8-13-9-7-12/h11-13H,4-10H2,1-3H3. The first-order valence-corrected chi connectivity index (χ1v) is 6.22. The zero-order chi connectivity index (χ0) is 10.4. The molecule has 0 saturated carbocycles. The summed E-state index contributed by atoms with van der Waals surface area (Å²) < 4.78 is 0. The van der Waals surface area contributed by atoms with Gasteiger partial charge in [0, 0.05) is 12.1 Å². The summed E-state index contributed by atoms with van der Waals surface area (Å²) in [6, 6.07) is 1.53. The Morgan fingerprint density at radius 3 is 2.71 bits per heavy atom. The van der Waals surface area contributed by atoms with Gasteiger partial charge in [0.25, 0.3) is 0 Å². The number of nitrogens with one attached hydrogen (secondary N) is 1. The van der Waals surface area contributed by atoms with Gasteiger partial charge in [-0.05, 0) is 59.2 Å². The van der Waals surface area contributed by atoms with E-state index in [9.17, 15) is 0 Å². The fourth-order valence-electron chi connectivity index (χ4n) is 2.45. The van der Waals surface area contributed by atoms with Crippen molar-refractivity contribution in [1.29, 1.82) is 0 Å². The fourth-order valence-corrected chi connectivity index (χ4v) is 2.45. The second-order valence-corrected chi connectivity index (χ2v) is 4.67. The first-order valence-electron chi connectivity index (χ1n) is 6.22. The van der Waals surface area contributed by atoms with Gasteiger partial charge < -0.3 is 5.32 Å². The zero-order valence-electron chi connectivity index (χ0n) is 10.1. The SMILES string of the molecule is CCCN(C(C)C)C1CCCNCC1. The smallest absolute Gasteiger partial charge is 0.0110 e. The Morgan fingerprint density at radius 2 is 2.07 bits per heavy atom. The average molecular weight is 198 g/mol. The van der Waals surface area contributed by atoms with Crippen molar-refractivity contribution in [3.8, 4) is 0 Å². The molecule has 1 aliphatic heterocycles. The molecule has 0 aromatic heterocycles. The lowest BCUT2D eigenvalue weighted by molar-refractivity contribution is 0.141. The largest absolute Gasteiger partial charge is 0.317 e. The lowest BCUT2D eigenvalue weighted by Gasteiger charge is -2.34. The van der Waals surface area contributed by atoms with Crippen molar-refractivity contribution in [3.05, 3.63) is 0 Å². The molecule has 0 amide bonds. The summed E-state index contributed by atoms with van der Waals surface area (Å²) in [5.74, 6) is 0. The Balaban J connectivity index is 2.46. The Bertz CT molecular complexity index is 137. The molecule has 1 atom stereocenters. The summed E-state index contributed by atoms with van der Waals surface area (Å²) in [5, 5.41) is 3.49. The van der Waals surface area contributed by atoms with Crippen LogP contribution in [0.4, 0.5) is 0 Å². The Kier molecular flexibility index (Phi) is 5.49. The maximum absolute atomic E-state index is 3.49. The zero-order valence-corrected chi connectivity index (χ0v) is 10.1. The normalized spacial score (nSPS) is 24.2. The van der Waals surface area contributed by atoms with E-state index in [0.717, 1.165) is 6.04 Å². The lowest BCUT2D eigenvalue weighted by atomic mass is 10.1. The number of nitrogens with zero attached hydrogens (tertiary/aromatic N) is 1. The van der Waals surface area contributed by atoms with Crippen LogP contribution in [0, 0.1) is 0 Å². The molecular formula is C12H26N2. The van der Waals surface area contributed by atoms with Crippen LogP contribution in [-0.4, -0.2) is 36.6 Å². The van der Waals surface area contributed by atoms with E-state index in [1.54, 1.807) is 0 Å². The first kappa shape index (κ1) is 12.0. The summed E-state index contributed by atoms with van der Waals surface area (Å²) in [6.45, 7) is 10.6. The second-order valence-electron chi connectivity index (χ2n) is 4.67. The third kappa shape index (κ3) is 3.58. The molecule has 0 aromatic carbocycles. The number of hydrogen-bond donors (Lipinski definition) is 1. The molecule has 1 rings (SSSR count). The van der Waals surface area contributed by atoms with Gasteiger partial charge in [-0.1, -0.05) is 6.92 Å². The van der Waals surface area contributed by atoms with E-state index in [4.69, 9.17) is 0 Å². The summed E-state index contributed by atoms with van der Waals surface area (Å²) in [7, 11) is 0. The molecule has 1 aliphatic rings. The Labute approximate surface area is 89.1 Å². The minimum atomic E-state index is 0.707. The molecule has 1 saturated heterocycles. The topological polar surface area (TPSA) is 15.3 Å². The van der Waals surface area contributed by atoms with E-state index in [2.05, 4.69) is 31.0 Å². The van der Waals surface area contributed by atoms with Crippen LogP contribution in [0.5, 0.6) is 0 Å². The van der Waals surface area contributed by atoms with E-state index in [1.165, 1.54) is 45.3 Å². The van der Waals surface area contributed by atoms with E-state index in [1.807, 2.05) is 0 Å². The Morgan fingerprint density at radius 1 is 1.29 bits per heavy atom. The highest BCUT2D eigenvalue weighted by Crippen LogP contribution is 2.16. The van der Waals surface area contributed by atoms with Gasteiger partial charge in [-0.3, -0.25) is 4.90 Å². The summed E-state index contributed by atoms with van der Waals surface area (Å²) >= 11 is 0. The van der Waals surface area contributed by atoms with Gasteiger partial charge >= 0.3 is 0 Å². The van der Waals surface area contributed by atoms with Crippen molar-refractivity contribution in [1.82, 2.24) is 10.2 Å². The van der Waals surface area contributed by atoms with Crippen molar-refractivity contribution < 1.29 is 0 Å². The molecule has 0 aliphatic carbocycles. The summed E-state index contributed by atoms with van der Waals surface area (Å²) in [6.07, 6.45) is 5.34. The first-order chi connectivity index (χ1) is 6.75. The van der Waals surface area contributed by atoms with Crippen LogP contribution in [0.3, 0.4) is 0 Å². The molecule has 0 aromatic rings. The monoisotopic (exact) mass is 198 g/mol. The summed E-state index contributed by atoms with van der Waals surface area (Å²) in [5.41, 5.74) is 0. The molecule has 2 nitrogen and oxygen atoms in total. The van der Waals surface area contributed by atoms with E-state index < -0.39 is 0 Å². The van der Waals surface area contributed by atoms with Crippen LogP contribution < -0.4 is 5.32 Å². The van der Waals surface area contributed by atoms with Gasteiger partial charge in [0.15, 0.2) is 0 Å². The molecule has 0 bridgehead atoms. The molecule has 1 heterocycles. The van der Waals surface area contributed by atoms with Crippen LogP contribution in [0.25, 0.3) is 0 Å². The third-order valence-electron chi connectivity index (χ3n) is 3.16. The predicted octanol–water partition coefficient (Wildman–Crippen LogP) is 2.25. The highest BCUT2D eigenvalue weighted by Gasteiger charge is 2.20. The molecule has 0 spiro atoms. The number of rotatable bonds is 4. The van der Waals surface area contributed by atoms with Gasteiger partial charge in [0.05, 0.1) is 0 Å². The quantitative estimate of drug-likeness (QED) is 0.745. The van der Waals surface area contributed by atoms with Crippen LogP contribution in [-0.2, 0) is 0 Å². The van der Waals surface area contributed by atoms with Crippen molar-refractivity contribution in [3.63, 3.8) is 0 Å². The molecule has 1 unspecified atom stereocenters. The minimum Gasteiger partial charge on any atom is -0.317 e. The maximum atomic E-state index is 3.49. The Hall–Kier alpha value is -0.0800. The minimum absolute atomic E-state index is 0.707. The fraction of sp³-hybridized carbons (Fsp3) is 1.00. The van der Waals surface area contributed by atoms with Crippen LogP contribution in [0.1, 0.15) is 46.5 Å². The molecule has 1 fully saturated rings. The highest BCUT2D eigenvalue weighted by molar-refractivity contribution is 4.78. The van der Waals surface area contributed by atoms with Gasteiger partial charge in [-0.15, -0.1) is 0 Å². The van der Waals surface area contributed by atoms with Crippen LogP contribution in [0.15, 0.2) is 0 Å². The van der Waals surface area contributed by atoms with Gasteiger partial charge in [0.2, 0.25) is 0 Å². The lowest BCUT2D eigenvalue weighted by Crippen LogP contribution is -2.41. The predicted molar refractivity (Wildman–Crippen MR) is 62.6 cm³/mol. The van der Waals surface area contributed by atoms with Gasteiger partial charge in [-0.2, -0.15) is 0 Å². The molecule has 2 heteroatoms. The molecule has 84 valence electrons. The third-order valence-corrected chi connectivity index (χ3v) is 3.16. The van der Waals surface area contributed by atoms with Crippen molar-refractivity contribution in [2.45, 2.75) is 58.5 Å². The second kappa shape index (κ2) is 6.41. The molecule has 0 radical (unpaired) electrons. The highest BCUT2D eigenvalue weighted by atomic mass is 15.2. The van der Waals surface area contributed by atoms with E-state index in [-0.39, 0.29) is 0 Å². The van der Waals surface area contributed by atoms with Crippen molar-refractivity contribution in [2.24, 2.45) is 0 Å². The van der Waals surface area contributed by atoms with E-state index in [0.29, 0.717) is 6.04 Å².